The van der Waals surface area contributed by atoms with Crippen LogP contribution >= 0.6 is 0 Å². The molecule has 2 nitrogen and oxygen atoms in total. The van der Waals surface area contributed by atoms with Crippen LogP contribution in [-0.4, -0.2) is 20.1 Å². The van der Waals surface area contributed by atoms with E-state index in [1.54, 1.807) is 0 Å². The lowest BCUT2D eigenvalue weighted by molar-refractivity contribution is 0.643. The average Bonchev–Trinajstić information content (AvgIpc) is 2.78. The van der Waals surface area contributed by atoms with E-state index in [4.69, 9.17) is 0 Å². The van der Waals surface area contributed by atoms with Crippen molar-refractivity contribution in [3.63, 3.8) is 0 Å². The minimum atomic E-state index is 0.593. The molecular weight excluding hydrogens is 184 g/mol. The Morgan fingerprint density at radius 1 is 1.40 bits per heavy atom. The molecule has 0 amide bonds. The normalized spacial score (nSPS) is 20.3. The van der Waals surface area contributed by atoms with E-state index < -0.39 is 0 Å². The van der Waals surface area contributed by atoms with E-state index >= 15 is 0 Å². The van der Waals surface area contributed by atoms with Crippen molar-refractivity contribution < 1.29 is 0 Å². The molecule has 1 aromatic rings. The van der Waals surface area contributed by atoms with Crippen LogP contribution in [0.4, 0.5) is 5.69 Å². The number of hydrogen-bond donors (Lipinski definition) is 1. The highest BCUT2D eigenvalue weighted by molar-refractivity contribution is 5.47. The summed E-state index contributed by atoms with van der Waals surface area (Å²) in [5.41, 5.74) is 2.48. The zero-order chi connectivity index (χ0) is 10.7. The molecule has 1 saturated heterocycles. The van der Waals surface area contributed by atoms with Gasteiger partial charge in [0.05, 0.1) is 0 Å². The highest BCUT2D eigenvalue weighted by Gasteiger charge is 2.23. The fourth-order valence-electron chi connectivity index (χ4n) is 2.12. The molecule has 0 aliphatic carbocycles. The van der Waals surface area contributed by atoms with Crippen molar-refractivity contribution in [2.75, 3.05) is 25.0 Å². The monoisotopic (exact) mass is 202 g/mol. The van der Waals surface area contributed by atoms with Gasteiger partial charge in [-0.3, -0.25) is 0 Å². The zero-order valence-corrected chi connectivity index (χ0v) is 9.24. The standard InChI is InChI=1S/C13H18N2/c1-11(14-2)12-8-9-15(10-12)13-6-4-3-5-7-13/h3-7,12,14H,1,8-10H2,2H3. The summed E-state index contributed by atoms with van der Waals surface area (Å²) >= 11 is 0. The van der Waals surface area contributed by atoms with Crippen LogP contribution in [0.25, 0.3) is 0 Å². The van der Waals surface area contributed by atoms with E-state index in [2.05, 4.69) is 47.1 Å². The SMILES string of the molecule is C=C(NC)C1CCN(c2ccccc2)C1. The summed E-state index contributed by atoms with van der Waals surface area (Å²) in [4.78, 5) is 2.42. The van der Waals surface area contributed by atoms with E-state index in [-0.39, 0.29) is 0 Å². The molecule has 1 aliphatic rings. The first-order valence-corrected chi connectivity index (χ1v) is 5.48. The van der Waals surface area contributed by atoms with Gasteiger partial charge in [0.1, 0.15) is 0 Å². The molecule has 1 atom stereocenters. The Morgan fingerprint density at radius 3 is 2.80 bits per heavy atom. The van der Waals surface area contributed by atoms with Gasteiger partial charge in [-0.15, -0.1) is 0 Å². The van der Waals surface area contributed by atoms with Gasteiger partial charge in [0, 0.05) is 37.4 Å². The number of nitrogens with one attached hydrogen (secondary N) is 1. The molecule has 0 saturated carbocycles. The predicted molar refractivity (Wildman–Crippen MR) is 65.0 cm³/mol. The van der Waals surface area contributed by atoms with Gasteiger partial charge in [0.25, 0.3) is 0 Å². The van der Waals surface area contributed by atoms with Crippen molar-refractivity contribution in [3.05, 3.63) is 42.6 Å². The Balaban J connectivity index is 2.02. The third kappa shape index (κ3) is 2.14. The fourth-order valence-corrected chi connectivity index (χ4v) is 2.12. The summed E-state index contributed by atoms with van der Waals surface area (Å²) in [5.74, 6) is 0.593. The van der Waals surface area contributed by atoms with Gasteiger partial charge in [-0.1, -0.05) is 24.8 Å². The number of nitrogens with zero attached hydrogens (tertiary/aromatic N) is 1. The molecule has 1 aliphatic heterocycles. The van der Waals surface area contributed by atoms with Crippen molar-refractivity contribution in [3.8, 4) is 0 Å². The highest BCUT2D eigenvalue weighted by Crippen LogP contribution is 2.26. The minimum absolute atomic E-state index is 0.593. The van der Waals surface area contributed by atoms with Crippen LogP contribution in [0.5, 0.6) is 0 Å². The summed E-state index contributed by atoms with van der Waals surface area (Å²) in [5, 5.41) is 3.16. The van der Waals surface area contributed by atoms with Crippen molar-refractivity contribution >= 4 is 5.69 Å². The Hall–Kier alpha value is -1.44. The van der Waals surface area contributed by atoms with E-state index in [0.717, 1.165) is 18.8 Å². The third-order valence-electron chi connectivity index (χ3n) is 3.12. The van der Waals surface area contributed by atoms with E-state index in [1.165, 1.54) is 12.1 Å². The summed E-state index contributed by atoms with van der Waals surface area (Å²) in [6, 6.07) is 10.6. The van der Waals surface area contributed by atoms with E-state index in [1.807, 2.05) is 7.05 Å². The summed E-state index contributed by atoms with van der Waals surface area (Å²) in [7, 11) is 1.95. The Morgan fingerprint density at radius 2 is 2.13 bits per heavy atom. The molecular formula is C13H18N2. The van der Waals surface area contributed by atoms with Crippen molar-refractivity contribution in [1.29, 1.82) is 0 Å². The molecule has 15 heavy (non-hydrogen) atoms. The van der Waals surface area contributed by atoms with Crippen LogP contribution in [0.15, 0.2) is 42.6 Å². The van der Waals surface area contributed by atoms with Gasteiger partial charge in [-0.25, -0.2) is 0 Å². The maximum absolute atomic E-state index is 4.05. The number of rotatable bonds is 3. The molecule has 0 aromatic heterocycles. The third-order valence-corrected chi connectivity index (χ3v) is 3.12. The second kappa shape index (κ2) is 4.39. The molecule has 0 bridgehead atoms. The smallest absolute Gasteiger partial charge is 0.0366 e. The van der Waals surface area contributed by atoms with Gasteiger partial charge in [0.15, 0.2) is 0 Å². The predicted octanol–water partition coefficient (Wildman–Crippen LogP) is 2.25. The lowest BCUT2D eigenvalue weighted by Crippen LogP contribution is -2.22. The van der Waals surface area contributed by atoms with E-state index in [0.29, 0.717) is 5.92 Å². The molecule has 1 fully saturated rings. The van der Waals surface area contributed by atoms with Crippen molar-refractivity contribution in [2.45, 2.75) is 6.42 Å². The molecule has 1 heterocycles. The second-order valence-corrected chi connectivity index (χ2v) is 4.04. The number of anilines is 1. The van der Waals surface area contributed by atoms with Crippen LogP contribution in [-0.2, 0) is 0 Å². The van der Waals surface area contributed by atoms with Crippen molar-refractivity contribution in [2.24, 2.45) is 5.92 Å². The Bertz CT molecular complexity index is 332. The number of para-hydroxylation sites is 1. The van der Waals surface area contributed by atoms with Gasteiger partial charge >= 0.3 is 0 Å². The first-order valence-electron chi connectivity index (χ1n) is 5.48. The second-order valence-electron chi connectivity index (χ2n) is 4.04. The topological polar surface area (TPSA) is 15.3 Å². The van der Waals surface area contributed by atoms with E-state index in [9.17, 15) is 0 Å². The Labute approximate surface area is 91.6 Å². The van der Waals surface area contributed by atoms with Gasteiger partial charge in [0.2, 0.25) is 0 Å². The molecule has 80 valence electrons. The molecule has 2 rings (SSSR count). The van der Waals surface area contributed by atoms with Crippen LogP contribution < -0.4 is 10.2 Å². The summed E-state index contributed by atoms with van der Waals surface area (Å²) in [6.07, 6.45) is 1.20. The molecule has 0 radical (unpaired) electrons. The van der Waals surface area contributed by atoms with Gasteiger partial charge in [-0.2, -0.15) is 0 Å². The summed E-state index contributed by atoms with van der Waals surface area (Å²) in [6.45, 7) is 6.27. The summed E-state index contributed by atoms with van der Waals surface area (Å²) < 4.78 is 0. The molecule has 1 N–H and O–H groups in total. The number of benzene rings is 1. The molecule has 1 unspecified atom stereocenters. The fraction of sp³-hybridized carbons (Fsp3) is 0.385. The molecule has 2 heteroatoms. The van der Waals surface area contributed by atoms with Gasteiger partial charge < -0.3 is 10.2 Å². The van der Waals surface area contributed by atoms with Crippen LogP contribution in [0.2, 0.25) is 0 Å². The molecule has 1 aromatic carbocycles. The first-order chi connectivity index (χ1) is 7.31. The minimum Gasteiger partial charge on any atom is -0.392 e. The molecule has 0 spiro atoms. The van der Waals surface area contributed by atoms with Crippen molar-refractivity contribution in [1.82, 2.24) is 5.32 Å². The van der Waals surface area contributed by atoms with Crippen LogP contribution in [0.3, 0.4) is 0 Å². The highest BCUT2D eigenvalue weighted by atomic mass is 15.2. The zero-order valence-electron chi connectivity index (χ0n) is 9.24. The van der Waals surface area contributed by atoms with Crippen LogP contribution in [0, 0.1) is 5.92 Å². The first kappa shape index (κ1) is 10.1. The lowest BCUT2D eigenvalue weighted by Gasteiger charge is -2.19. The Kier molecular flexibility index (Phi) is 2.95. The maximum atomic E-state index is 4.05. The average molecular weight is 202 g/mol. The van der Waals surface area contributed by atoms with Crippen LogP contribution in [0.1, 0.15) is 6.42 Å². The van der Waals surface area contributed by atoms with Gasteiger partial charge in [-0.05, 0) is 18.6 Å². The number of hydrogen-bond acceptors (Lipinski definition) is 2. The lowest BCUT2D eigenvalue weighted by atomic mass is 10.1. The quantitative estimate of drug-likeness (QED) is 0.808. The maximum Gasteiger partial charge on any atom is 0.0366 e. The largest absolute Gasteiger partial charge is 0.392 e.